The Hall–Kier alpha value is 0.300. The van der Waals surface area contributed by atoms with Gasteiger partial charge in [-0.05, 0) is 34.7 Å². The maximum Gasteiger partial charge on any atom is 0.0559 e. The fourth-order valence-electron chi connectivity index (χ4n) is 1.44. The molecule has 1 aromatic carbocycles. The fourth-order valence-corrected chi connectivity index (χ4v) is 4.25. The van der Waals surface area contributed by atoms with Gasteiger partial charge in [-0.3, -0.25) is 0 Å². The Morgan fingerprint density at radius 1 is 1.57 bits per heavy atom. The molecule has 1 heterocycles. The van der Waals surface area contributed by atoms with E-state index in [-0.39, 0.29) is 0 Å². The van der Waals surface area contributed by atoms with E-state index in [0.717, 1.165) is 10.4 Å². The smallest absolute Gasteiger partial charge is 0.0559 e. The predicted octanol–water partition coefficient (Wildman–Crippen LogP) is 5.17. The summed E-state index contributed by atoms with van der Waals surface area (Å²) in [6, 6.07) is 4.21. The number of thiophene rings is 1. The molecule has 4 heteroatoms. The maximum absolute atomic E-state index is 6.21. The first-order chi connectivity index (χ1) is 6.77. The van der Waals surface area contributed by atoms with Gasteiger partial charge in [0.2, 0.25) is 0 Å². The minimum absolute atomic E-state index is 0.856. The van der Waals surface area contributed by atoms with Crippen molar-refractivity contribution >= 4 is 60.7 Å². The van der Waals surface area contributed by atoms with Crippen molar-refractivity contribution in [3.63, 3.8) is 0 Å². The largest absolute Gasteiger partial charge is 0.143 e. The van der Waals surface area contributed by atoms with Gasteiger partial charge in [0, 0.05) is 14.9 Å². The third kappa shape index (κ3) is 1.71. The van der Waals surface area contributed by atoms with Gasteiger partial charge in [0.05, 0.1) is 5.02 Å². The van der Waals surface area contributed by atoms with Gasteiger partial charge < -0.3 is 0 Å². The lowest BCUT2D eigenvalue weighted by Gasteiger charge is -2.06. The van der Waals surface area contributed by atoms with E-state index in [4.69, 9.17) is 11.6 Å². The second kappa shape index (κ2) is 4.44. The van der Waals surface area contributed by atoms with Crippen molar-refractivity contribution in [3.8, 4) is 0 Å². The van der Waals surface area contributed by atoms with E-state index >= 15 is 0 Å². The van der Waals surface area contributed by atoms with Gasteiger partial charge in [-0.2, -0.15) is 0 Å². The van der Waals surface area contributed by atoms with Crippen molar-refractivity contribution in [2.75, 3.05) is 6.26 Å². The molecule has 2 aromatic rings. The molecule has 0 aliphatic carbocycles. The van der Waals surface area contributed by atoms with Crippen LogP contribution < -0.4 is 0 Å². The Kier molecular flexibility index (Phi) is 3.42. The summed E-state index contributed by atoms with van der Waals surface area (Å²) in [4.78, 5) is 1.20. The van der Waals surface area contributed by atoms with Crippen LogP contribution in [0, 0.1) is 0 Å². The summed E-state index contributed by atoms with van der Waals surface area (Å²) < 4.78 is 1.31. The van der Waals surface area contributed by atoms with E-state index in [2.05, 4.69) is 39.7 Å². The lowest BCUT2D eigenvalue weighted by molar-refractivity contribution is 1.45. The molecule has 1 aromatic heterocycles. The summed E-state index contributed by atoms with van der Waals surface area (Å²) in [6.07, 6.45) is 2.06. The number of alkyl halides is 1. The van der Waals surface area contributed by atoms with E-state index in [1.165, 1.54) is 20.5 Å². The third-order valence-electron chi connectivity index (χ3n) is 2.08. The average Bonchev–Trinajstić information content (AvgIpc) is 2.65. The first-order valence-corrected chi connectivity index (χ1v) is 7.67. The Balaban J connectivity index is 2.81. The molecule has 0 saturated carbocycles. The summed E-state index contributed by atoms with van der Waals surface area (Å²) in [7, 11) is 0. The van der Waals surface area contributed by atoms with Crippen molar-refractivity contribution in [1.82, 2.24) is 0 Å². The predicted molar refractivity (Wildman–Crippen MR) is 71.2 cm³/mol. The summed E-state index contributed by atoms with van der Waals surface area (Å²) >= 11 is 13.2. The molecule has 74 valence electrons. The number of halogens is 2. The Labute approximate surface area is 105 Å². The van der Waals surface area contributed by atoms with Crippen LogP contribution in [-0.2, 0) is 5.33 Å². The standard InChI is InChI=1S/C10H8BrClS2/c1-13-10-8(12)4-6(5-11)7-2-3-14-9(7)10/h2-4H,5H2,1H3. The van der Waals surface area contributed by atoms with Crippen molar-refractivity contribution in [2.24, 2.45) is 0 Å². The third-order valence-corrected chi connectivity index (χ3v) is 4.99. The van der Waals surface area contributed by atoms with Gasteiger partial charge in [0.15, 0.2) is 0 Å². The van der Waals surface area contributed by atoms with Crippen LogP contribution >= 0.6 is 50.6 Å². The molecule has 0 amide bonds. The zero-order chi connectivity index (χ0) is 10.1. The second-order valence-electron chi connectivity index (χ2n) is 2.85. The number of fused-ring (bicyclic) bond motifs is 1. The van der Waals surface area contributed by atoms with Crippen LogP contribution in [0.25, 0.3) is 10.1 Å². The van der Waals surface area contributed by atoms with Gasteiger partial charge in [-0.25, -0.2) is 0 Å². The maximum atomic E-state index is 6.21. The molecule has 14 heavy (non-hydrogen) atoms. The minimum Gasteiger partial charge on any atom is -0.143 e. The van der Waals surface area contributed by atoms with Gasteiger partial charge >= 0.3 is 0 Å². The van der Waals surface area contributed by atoms with Crippen LogP contribution in [-0.4, -0.2) is 6.26 Å². The van der Waals surface area contributed by atoms with Crippen LogP contribution in [0.15, 0.2) is 22.4 Å². The summed E-state index contributed by atoms with van der Waals surface area (Å²) in [6.45, 7) is 0. The Morgan fingerprint density at radius 2 is 2.36 bits per heavy atom. The highest BCUT2D eigenvalue weighted by molar-refractivity contribution is 9.08. The monoisotopic (exact) mass is 306 g/mol. The van der Waals surface area contributed by atoms with Gasteiger partial charge in [0.25, 0.3) is 0 Å². The molecule has 2 rings (SSSR count). The van der Waals surface area contributed by atoms with Crippen molar-refractivity contribution in [1.29, 1.82) is 0 Å². The molecular weight excluding hydrogens is 300 g/mol. The van der Waals surface area contributed by atoms with Crippen LogP contribution in [0.5, 0.6) is 0 Å². The number of rotatable bonds is 2. The molecule has 0 spiro atoms. The summed E-state index contributed by atoms with van der Waals surface area (Å²) in [5.74, 6) is 0. The van der Waals surface area contributed by atoms with Crippen molar-refractivity contribution < 1.29 is 0 Å². The van der Waals surface area contributed by atoms with Crippen molar-refractivity contribution in [2.45, 2.75) is 10.2 Å². The molecule has 0 fully saturated rings. The van der Waals surface area contributed by atoms with E-state index in [1.807, 2.05) is 0 Å². The SMILES string of the molecule is CSc1c(Cl)cc(CBr)c2ccsc12. The lowest BCUT2D eigenvalue weighted by Crippen LogP contribution is -1.82. The van der Waals surface area contributed by atoms with Gasteiger partial charge in [-0.1, -0.05) is 27.5 Å². The first-order valence-electron chi connectivity index (χ1n) is 4.06. The topological polar surface area (TPSA) is 0 Å². The second-order valence-corrected chi connectivity index (χ2v) is 5.55. The average molecular weight is 308 g/mol. The summed E-state index contributed by atoms with van der Waals surface area (Å²) in [5.41, 5.74) is 1.27. The highest BCUT2D eigenvalue weighted by atomic mass is 79.9. The van der Waals surface area contributed by atoms with Gasteiger partial charge in [0.1, 0.15) is 0 Å². The molecule has 0 nitrogen and oxygen atoms in total. The molecule has 0 radical (unpaired) electrons. The highest BCUT2D eigenvalue weighted by Gasteiger charge is 2.10. The van der Waals surface area contributed by atoms with E-state index in [0.29, 0.717) is 0 Å². The van der Waals surface area contributed by atoms with Crippen LogP contribution in [0.3, 0.4) is 0 Å². The van der Waals surface area contributed by atoms with E-state index < -0.39 is 0 Å². The zero-order valence-electron chi connectivity index (χ0n) is 7.51. The minimum atomic E-state index is 0.856. The van der Waals surface area contributed by atoms with Crippen LogP contribution in [0.4, 0.5) is 0 Å². The van der Waals surface area contributed by atoms with Crippen LogP contribution in [0.2, 0.25) is 5.02 Å². The summed E-state index contributed by atoms with van der Waals surface area (Å²) in [5, 5.41) is 5.16. The number of thioether (sulfide) groups is 1. The quantitative estimate of drug-likeness (QED) is 0.545. The molecule has 0 bridgehead atoms. The van der Waals surface area contributed by atoms with Gasteiger partial charge in [-0.15, -0.1) is 23.1 Å². The van der Waals surface area contributed by atoms with Crippen LogP contribution in [0.1, 0.15) is 5.56 Å². The molecule has 0 atom stereocenters. The molecule has 0 aliphatic rings. The Bertz CT molecular complexity index is 464. The number of hydrogen-bond donors (Lipinski definition) is 0. The normalized spacial score (nSPS) is 11.1. The fraction of sp³-hybridized carbons (Fsp3) is 0.200. The first kappa shape index (κ1) is 10.8. The Morgan fingerprint density at radius 3 is 3.00 bits per heavy atom. The molecule has 0 N–H and O–H groups in total. The zero-order valence-corrected chi connectivity index (χ0v) is 11.5. The van der Waals surface area contributed by atoms with E-state index in [9.17, 15) is 0 Å². The lowest BCUT2D eigenvalue weighted by atomic mass is 10.1. The van der Waals surface area contributed by atoms with Crippen molar-refractivity contribution in [3.05, 3.63) is 28.1 Å². The molecular formula is C10H8BrClS2. The molecule has 0 aliphatic heterocycles. The molecule has 0 unspecified atom stereocenters. The highest BCUT2D eigenvalue weighted by Crippen LogP contribution is 2.39. The molecule has 0 saturated heterocycles. The number of hydrogen-bond acceptors (Lipinski definition) is 2. The van der Waals surface area contributed by atoms with E-state index in [1.54, 1.807) is 23.1 Å². The number of benzene rings is 1.